The molecule has 5 heteroatoms. The van der Waals surface area contributed by atoms with E-state index in [9.17, 15) is 9.59 Å². The first-order chi connectivity index (χ1) is 17.1. The van der Waals surface area contributed by atoms with Crippen molar-refractivity contribution < 1.29 is 9.59 Å². The zero-order valence-corrected chi connectivity index (χ0v) is 20.2. The van der Waals surface area contributed by atoms with E-state index in [1.165, 1.54) is 5.56 Å². The van der Waals surface area contributed by atoms with E-state index in [4.69, 9.17) is 0 Å². The highest BCUT2D eigenvalue weighted by molar-refractivity contribution is 7.98. The molecule has 0 atom stereocenters. The molecule has 174 valence electrons. The Morgan fingerprint density at radius 3 is 2.06 bits per heavy atom. The van der Waals surface area contributed by atoms with Gasteiger partial charge in [0.25, 0.3) is 11.8 Å². The van der Waals surface area contributed by atoms with Crippen LogP contribution >= 0.6 is 11.8 Å². The van der Waals surface area contributed by atoms with Gasteiger partial charge in [0, 0.05) is 21.9 Å². The molecule has 4 aromatic rings. The number of hydrogen-bond acceptors (Lipinski definition) is 3. The molecule has 0 spiro atoms. The Labute approximate surface area is 210 Å². The number of nitrogens with one attached hydrogen (secondary N) is 2. The van der Waals surface area contributed by atoms with Crippen LogP contribution in [0.5, 0.6) is 0 Å². The van der Waals surface area contributed by atoms with Crippen molar-refractivity contribution >= 4 is 35.3 Å². The van der Waals surface area contributed by atoms with Crippen molar-refractivity contribution in [2.45, 2.75) is 17.6 Å². The van der Waals surface area contributed by atoms with Crippen LogP contribution in [0.15, 0.2) is 120 Å². The summed E-state index contributed by atoms with van der Waals surface area (Å²) in [4.78, 5) is 27.0. The summed E-state index contributed by atoms with van der Waals surface area (Å²) in [5.41, 5.74) is 4.51. The molecule has 0 aromatic heterocycles. The predicted molar refractivity (Wildman–Crippen MR) is 144 cm³/mol. The van der Waals surface area contributed by atoms with E-state index in [1.807, 2.05) is 79.7 Å². The third-order valence-electron chi connectivity index (χ3n) is 5.28. The maximum Gasteiger partial charge on any atom is 0.272 e. The fraction of sp³-hybridized carbons (Fsp3) is 0.0667. The summed E-state index contributed by atoms with van der Waals surface area (Å²) in [5, 5.41) is 5.67. The average Bonchev–Trinajstić information content (AvgIpc) is 2.90. The Morgan fingerprint density at radius 2 is 1.40 bits per heavy atom. The highest BCUT2D eigenvalue weighted by Gasteiger charge is 2.15. The van der Waals surface area contributed by atoms with E-state index in [1.54, 1.807) is 42.1 Å². The molecule has 0 saturated heterocycles. The van der Waals surface area contributed by atoms with E-state index >= 15 is 0 Å². The lowest BCUT2D eigenvalue weighted by Crippen LogP contribution is -2.30. The lowest BCUT2D eigenvalue weighted by Gasteiger charge is -2.12. The van der Waals surface area contributed by atoms with E-state index in [2.05, 4.69) is 22.8 Å². The van der Waals surface area contributed by atoms with Gasteiger partial charge in [-0.1, -0.05) is 78.4 Å². The molecule has 0 aliphatic heterocycles. The SMILES string of the molecule is Cc1ccc(/C=C(\NC(=O)c2ccccc2)C(=O)Nc2ccc(SCc3ccccc3)cc2)cc1. The molecule has 0 aliphatic carbocycles. The van der Waals surface area contributed by atoms with Crippen LogP contribution in [-0.2, 0) is 10.5 Å². The van der Waals surface area contributed by atoms with Crippen LogP contribution in [0.3, 0.4) is 0 Å². The van der Waals surface area contributed by atoms with Gasteiger partial charge < -0.3 is 10.6 Å². The van der Waals surface area contributed by atoms with Gasteiger partial charge >= 0.3 is 0 Å². The van der Waals surface area contributed by atoms with Gasteiger partial charge in [-0.25, -0.2) is 0 Å². The molecule has 0 unspecified atom stereocenters. The summed E-state index contributed by atoms with van der Waals surface area (Å²) in [6.07, 6.45) is 1.68. The predicted octanol–water partition coefficient (Wildman–Crippen LogP) is 6.70. The second-order valence-corrected chi connectivity index (χ2v) is 9.09. The van der Waals surface area contributed by atoms with Gasteiger partial charge in [0.2, 0.25) is 0 Å². The Hall–Kier alpha value is -4.09. The number of anilines is 1. The van der Waals surface area contributed by atoms with Crippen molar-refractivity contribution in [2.24, 2.45) is 0 Å². The standard InChI is InChI=1S/C30H26N2O2S/c1-22-12-14-23(15-13-22)20-28(32-29(33)25-10-6-3-7-11-25)30(34)31-26-16-18-27(19-17-26)35-21-24-8-4-2-5-9-24/h2-20H,21H2,1H3,(H,31,34)(H,32,33)/b28-20-. The van der Waals surface area contributed by atoms with Crippen molar-refractivity contribution in [2.75, 3.05) is 5.32 Å². The molecule has 0 radical (unpaired) electrons. The highest BCUT2D eigenvalue weighted by Crippen LogP contribution is 2.24. The van der Waals surface area contributed by atoms with Crippen LogP contribution < -0.4 is 10.6 Å². The number of hydrogen-bond donors (Lipinski definition) is 2. The van der Waals surface area contributed by atoms with Gasteiger partial charge in [-0.15, -0.1) is 11.8 Å². The van der Waals surface area contributed by atoms with Crippen molar-refractivity contribution in [1.29, 1.82) is 0 Å². The van der Waals surface area contributed by atoms with Gasteiger partial charge in [-0.05, 0) is 60.5 Å². The molecule has 4 rings (SSSR count). The van der Waals surface area contributed by atoms with E-state index < -0.39 is 0 Å². The quantitative estimate of drug-likeness (QED) is 0.219. The molecule has 4 nitrogen and oxygen atoms in total. The summed E-state index contributed by atoms with van der Waals surface area (Å²) in [5.74, 6) is 0.146. The molecular formula is C30H26N2O2S. The maximum atomic E-state index is 13.1. The number of amides is 2. The fourth-order valence-corrected chi connectivity index (χ4v) is 4.20. The number of benzene rings is 4. The Morgan fingerprint density at radius 1 is 0.771 bits per heavy atom. The number of carbonyl (C=O) groups excluding carboxylic acids is 2. The summed E-state index contributed by atoms with van der Waals surface area (Å²) in [6.45, 7) is 2.00. The van der Waals surface area contributed by atoms with Crippen LogP contribution in [0.4, 0.5) is 5.69 Å². The molecule has 0 bridgehead atoms. The van der Waals surface area contributed by atoms with Crippen molar-refractivity contribution in [3.63, 3.8) is 0 Å². The number of carbonyl (C=O) groups is 2. The number of rotatable bonds is 8. The first kappa shape index (κ1) is 24.0. The van der Waals surface area contributed by atoms with Crippen molar-refractivity contribution in [3.05, 3.63) is 137 Å². The molecule has 0 saturated carbocycles. The van der Waals surface area contributed by atoms with Crippen LogP contribution in [-0.4, -0.2) is 11.8 Å². The molecule has 0 heterocycles. The van der Waals surface area contributed by atoms with Crippen LogP contribution in [0.1, 0.15) is 27.0 Å². The largest absolute Gasteiger partial charge is 0.321 e. The fourth-order valence-electron chi connectivity index (χ4n) is 3.35. The lowest BCUT2D eigenvalue weighted by molar-refractivity contribution is -0.113. The van der Waals surface area contributed by atoms with Gasteiger partial charge in [0.1, 0.15) is 5.70 Å². The minimum Gasteiger partial charge on any atom is -0.321 e. The van der Waals surface area contributed by atoms with Crippen molar-refractivity contribution in [3.8, 4) is 0 Å². The summed E-state index contributed by atoms with van der Waals surface area (Å²) < 4.78 is 0. The number of thioether (sulfide) groups is 1. The van der Waals surface area contributed by atoms with Gasteiger partial charge in [0.05, 0.1) is 0 Å². The Balaban J connectivity index is 1.47. The van der Waals surface area contributed by atoms with Gasteiger partial charge in [-0.2, -0.15) is 0 Å². The first-order valence-corrected chi connectivity index (χ1v) is 12.3. The highest BCUT2D eigenvalue weighted by atomic mass is 32.2. The number of aryl methyl sites for hydroxylation is 1. The zero-order valence-electron chi connectivity index (χ0n) is 19.4. The lowest BCUT2D eigenvalue weighted by atomic mass is 10.1. The van der Waals surface area contributed by atoms with E-state index in [-0.39, 0.29) is 17.5 Å². The Kier molecular flexibility index (Phi) is 8.15. The van der Waals surface area contributed by atoms with E-state index in [0.29, 0.717) is 11.3 Å². The monoisotopic (exact) mass is 478 g/mol. The average molecular weight is 479 g/mol. The van der Waals surface area contributed by atoms with E-state index in [0.717, 1.165) is 21.8 Å². The van der Waals surface area contributed by atoms with Crippen LogP contribution in [0.2, 0.25) is 0 Å². The molecule has 0 fully saturated rings. The van der Waals surface area contributed by atoms with Crippen LogP contribution in [0, 0.1) is 6.92 Å². The molecule has 4 aromatic carbocycles. The topological polar surface area (TPSA) is 58.2 Å². The minimum absolute atomic E-state index is 0.172. The Bertz CT molecular complexity index is 1300. The normalized spacial score (nSPS) is 11.1. The molecule has 0 aliphatic rings. The molecule has 35 heavy (non-hydrogen) atoms. The molecule has 2 N–H and O–H groups in total. The summed E-state index contributed by atoms with van der Waals surface area (Å²) in [6, 6.07) is 34.6. The zero-order chi connectivity index (χ0) is 24.5. The third-order valence-corrected chi connectivity index (χ3v) is 6.36. The van der Waals surface area contributed by atoms with Gasteiger partial charge in [0.15, 0.2) is 0 Å². The third kappa shape index (κ3) is 7.19. The van der Waals surface area contributed by atoms with Gasteiger partial charge in [-0.3, -0.25) is 9.59 Å². The summed E-state index contributed by atoms with van der Waals surface area (Å²) >= 11 is 1.74. The smallest absolute Gasteiger partial charge is 0.272 e. The minimum atomic E-state index is -0.389. The first-order valence-electron chi connectivity index (χ1n) is 11.3. The van der Waals surface area contributed by atoms with Crippen molar-refractivity contribution in [1.82, 2.24) is 5.32 Å². The van der Waals surface area contributed by atoms with Crippen LogP contribution in [0.25, 0.3) is 6.08 Å². The molecule has 2 amide bonds. The maximum absolute atomic E-state index is 13.1. The second-order valence-electron chi connectivity index (χ2n) is 8.04. The summed E-state index contributed by atoms with van der Waals surface area (Å²) in [7, 11) is 0. The molecular weight excluding hydrogens is 452 g/mol. The second kappa shape index (κ2) is 11.9.